The Labute approximate surface area is 151 Å². The summed E-state index contributed by atoms with van der Waals surface area (Å²) < 4.78 is 7.03. The molecule has 4 rings (SSSR count). The SMILES string of the molecule is Cc1ccc2oc(=O)c3cnn(CC(=O)N4C[C@@H](C)C[C@H](C)C4)c3c2c1. The highest BCUT2D eigenvalue weighted by atomic mass is 16.4. The van der Waals surface area contributed by atoms with E-state index in [0.29, 0.717) is 28.3 Å². The van der Waals surface area contributed by atoms with Gasteiger partial charge in [-0.3, -0.25) is 9.48 Å². The van der Waals surface area contributed by atoms with Gasteiger partial charge in [0.2, 0.25) is 5.91 Å². The van der Waals surface area contributed by atoms with Gasteiger partial charge in [-0.1, -0.05) is 25.5 Å². The van der Waals surface area contributed by atoms with Gasteiger partial charge in [-0.25, -0.2) is 4.79 Å². The van der Waals surface area contributed by atoms with Gasteiger partial charge in [0.1, 0.15) is 17.5 Å². The minimum absolute atomic E-state index is 0.0439. The average Bonchev–Trinajstić information content (AvgIpc) is 2.99. The number of likely N-dealkylation sites (tertiary alicyclic amines) is 1. The van der Waals surface area contributed by atoms with Gasteiger partial charge < -0.3 is 9.32 Å². The minimum Gasteiger partial charge on any atom is -0.422 e. The van der Waals surface area contributed by atoms with Crippen molar-refractivity contribution in [1.29, 1.82) is 0 Å². The molecule has 136 valence electrons. The first-order valence-corrected chi connectivity index (χ1v) is 9.09. The van der Waals surface area contributed by atoms with Crippen molar-refractivity contribution < 1.29 is 9.21 Å². The number of aryl methyl sites for hydroxylation is 1. The molecular formula is C20H23N3O3. The van der Waals surface area contributed by atoms with E-state index in [1.54, 1.807) is 10.7 Å². The van der Waals surface area contributed by atoms with Crippen LogP contribution in [0.25, 0.3) is 21.9 Å². The van der Waals surface area contributed by atoms with Crippen LogP contribution in [0.2, 0.25) is 0 Å². The zero-order valence-corrected chi connectivity index (χ0v) is 15.4. The molecule has 6 heteroatoms. The number of fused-ring (bicyclic) bond motifs is 3. The van der Waals surface area contributed by atoms with Crippen LogP contribution < -0.4 is 5.63 Å². The molecule has 6 nitrogen and oxygen atoms in total. The van der Waals surface area contributed by atoms with Crippen LogP contribution in [0.1, 0.15) is 25.8 Å². The van der Waals surface area contributed by atoms with E-state index in [0.717, 1.165) is 30.5 Å². The van der Waals surface area contributed by atoms with Crippen LogP contribution in [0.4, 0.5) is 0 Å². The third-order valence-corrected chi connectivity index (χ3v) is 5.16. The van der Waals surface area contributed by atoms with E-state index in [1.807, 2.05) is 24.0 Å². The molecule has 1 saturated heterocycles. The monoisotopic (exact) mass is 353 g/mol. The molecule has 0 bridgehead atoms. The second kappa shape index (κ2) is 6.27. The maximum absolute atomic E-state index is 12.9. The van der Waals surface area contributed by atoms with E-state index < -0.39 is 5.63 Å². The first-order chi connectivity index (χ1) is 12.4. The number of piperidine rings is 1. The van der Waals surface area contributed by atoms with E-state index in [2.05, 4.69) is 18.9 Å². The summed E-state index contributed by atoms with van der Waals surface area (Å²) >= 11 is 0. The maximum Gasteiger partial charge on any atom is 0.347 e. The highest BCUT2D eigenvalue weighted by Gasteiger charge is 2.26. The molecule has 0 N–H and O–H groups in total. The fraction of sp³-hybridized carbons (Fsp3) is 0.450. The smallest absolute Gasteiger partial charge is 0.347 e. The zero-order valence-electron chi connectivity index (χ0n) is 15.4. The van der Waals surface area contributed by atoms with Crippen molar-refractivity contribution in [2.24, 2.45) is 11.8 Å². The van der Waals surface area contributed by atoms with Crippen LogP contribution in [0.3, 0.4) is 0 Å². The highest BCUT2D eigenvalue weighted by Crippen LogP contribution is 2.25. The number of hydrogen-bond donors (Lipinski definition) is 0. The van der Waals surface area contributed by atoms with Crippen LogP contribution in [0, 0.1) is 18.8 Å². The summed E-state index contributed by atoms with van der Waals surface area (Å²) in [5, 5.41) is 5.54. The van der Waals surface area contributed by atoms with Gasteiger partial charge in [-0.2, -0.15) is 5.10 Å². The summed E-state index contributed by atoms with van der Waals surface area (Å²) in [4.78, 5) is 27.0. The molecule has 1 fully saturated rings. The number of nitrogens with zero attached hydrogens (tertiary/aromatic N) is 3. The zero-order chi connectivity index (χ0) is 18.4. The van der Waals surface area contributed by atoms with Crippen LogP contribution in [0.5, 0.6) is 0 Å². The van der Waals surface area contributed by atoms with Crippen molar-refractivity contribution in [3.8, 4) is 0 Å². The molecule has 2 atom stereocenters. The number of carbonyl (C=O) groups is 1. The molecule has 0 saturated carbocycles. The molecule has 1 aliphatic heterocycles. The lowest BCUT2D eigenvalue weighted by Crippen LogP contribution is -2.44. The van der Waals surface area contributed by atoms with Gasteiger partial charge in [0, 0.05) is 18.5 Å². The summed E-state index contributed by atoms with van der Waals surface area (Å²) in [5.74, 6) is 1.06. The van der Waals surface area contributed by atoms with E-state index in [9.17, 15) is 9.59 Å². The number of benzene rings is 1. The molecule has 0 radical (unpaired) electrons. The Balaban J connectivity index is 1.75. The quantitative estimate of drug-likeness (QED) is 0.664. The fourth-order valence-electron chi connectivity index (χ4n) is 4.11. The summed E-state index contributed by atoms with van der Waals surface area (Å²) in [6.45, 7) is 8.05. The molecule has 1 aliphatic rings. The molecule has 3 aromatic rings. The molecule has 0 aliphatic carbocycles. The van der Waals surface area contributed by atoms with Gasteiger partial charge in [-0.15, -0.1) is 0 Å². The topological polar surface area (TPSA) is 68.3 Å². The van der Waals surface area contributed by atoms with Gasteiger partial charge in [0.15, 0.2) is 0 Å². The van der Waals surface area contributed by atoms with Gasteiger partial charge in [-0.05, 0) is 37.3 Å². The fourth-order valence-corrected chi connectivity index (χ4v) is 4.11. The molecule has 2 aromatic heterocycles. The van der Waals surface area contributed by atoms with E-state index >= 15 is 0 Å². The van der Waals surface area contributed by atoms with Crippen molar-refractivity contribution in [2.45, 2.75) is 33.7 Å². The molecule has 0 spiro atoms. The lowest BCUT2D eigenvalue weighted by atomic mass is 9.92. The molecule has 3 heterocycles. The Kier molecular flexibility index (Phi) is 4.05. The van der Waals surface area contributed by atoms with Crippen molar-refractivity contribution >= 4 is 27.8 Å². The van der Waals surface area contributed by atoms with Crippen LogP contribution in [-0.2, 0) is 11.3 Å². The van der Waals surface area contributed by atoms with E-state index in [1.165, 1.54) is 6.20 Å². The number of aromatic nitrogens is 2. The Hall–Kier alpha value is -2.63. The number of hydrogen-bond acceptors (Lipinski definition) is 4. The summed E-state index contributed by atoms with van der Waals surface area (Å²) in [5.41, 5.74) is 1.83. The Bertz CT molecular complexity index is 1040. The van der Waals surface area contributed by atoms with Gasteiger partial charge in [0.25, 0.3) is 0 Å². The van der Waals surface area contributed by atoms with Crippen LogP contribution in [-0.4, -0.2) is 33.7 Å². The predicted octanol–water partition coefficient (Wildman–Crippen LogP) is 2.96. The van der Waals surface area contributed by atoms with Crippen molar-refractivity contribution in [3.05, 3.63) is 40.4 Å². The van der Waals surface area contributed by atoms with Gasteiger partial charge in [0.05, 0.1) is 11.7 Å². The molecule has 1 amide bonds. The second-order valence-electron chi connectivity index (χ2n) is 7.70. The van der Waals surface area contributed by atoms with Crippen molar-refractivity contribution in [2.75, 3.05) is 13.1 Å². The summed E-state index contributed by atoms with van der Waals surface area (Å²) in [7, 11) is 0. The van der Waals surface area contributed by atoms with Crippen molar-refractivity contribution in [1.82, 2.24) is 14.7 Å². The Morgan fingerprint density at radius 1 is 1.23 bits per heavy atom. The lowest BCUT2D eigenvalue weighted by molar-refractivity contribution is -0.134. The van der Waals surface area contributed by atoms with Crippen LogP contribution in [0.15, 0.2) is 33.6 Å². The van der Waals surface area contributed by atoms with Crippen molar-refractivity contribution in [3.63, 3.8) is 0 Å². The molecular weight excluding hydrogens is 330 g/mol. The first-order valence-electron chi connectivity index (χ1n) is 9.09. The largest absolute Gasteiger partial charge is 0.422 e. The molecule has 0 unspecified atom stereocenters. The third kappa shape index (κ3) is 2.89. The normalized spacial score (nSPS) is 20.8. The Morgan fingerprint density at radius 3 is 2.69 bits per heavy atom. The standard InChI is InChI=1S/C20H23N3O3/c1-12-4-5-17-15(7-12)19-16(20(25)26-17)8-21-23(19)11-18(24)22-9-13(2)6-14(3)10-22/h4-5,7-8,13-14H,6,9-11H2,1-3H3/t13-,14-/m0/s1. The summed E-state index contributed by atoms with van der Waals surface area (Å²) in [6, 6.07) is 5.66. The number of rotatable bonds is 2. The van der Waals surface area contributed by atoms with Crippen LogP contribution >= 0.6 is 0 Å². The highest BCUT2D eigenvalue weighted by molar-refractivity contribution is 6.02. The van der Waals surface area contributed by atoms with Gasteiger partial charge >= 0.3 is 5.63 Å². The third-order valence-electron chi connectivity index (χ3n) is 5.16. The minimum atomic E-state index is -0.421. The summed E-state index contributed by atoms with van der Waals surface area (Å²) in [6.07, 6.45) is 2.65. The number of amides is 1. The van der Waals surface area contributed by atoms with E-state index in [4.69, 9.17) is 4.42 Å². The average molecular weight is 353 g/mol. The van der Waals surface area contributed by atoms with E-state index in [-0.39, 0.29) is 12.5 Å². The predicted molar refractivity (Wildman–Crippen MR) is 100 cm³/mol. The number of carbonyl (C=O) groups excluding carboxylic acids is 1. The Morgan fingerprint density at radius 2 is 1.96 bits per heavy atom. The lowest BCUT2D eigenvalue weighted by Gasteiger charge is -2.35. The molecule has 1 aromatic carbocycles. The first kappa shape index (κ1) is 16.8. The molecule has 26 heavy (non-hydrogen) atoms. The maximum atomic E-state index is 12.9. The second-order valence-corrected chi connectivity index (χ2v) is 7.70.